The van der Waals surface area contributed by atoms with Crippen molar-refractivity contribution in [1.82, 2.24) is 10.6 Å². The van der Waals surface area contributed by atoms with E-state index in [0.717, 1.165) is 18.3 Å². The van der Waals surface area contributed by atoms with Crippen LogP contribution in [0.25, 0.3) is 0 Å². The van der Waals surface area contributed by atoms with Gasteiger partial charge in [-0.05, 0) is 111 Å². The van der Waals surface area contributed by atoms with Crippen LogP contribution in [0.5, 0.6) is 0 Å². The molecule has 5 aliphatic carbocycles. The monoisotopic (exact) mass is 444 g/mol. The fourth-order valence-corrected chi connectivity index (χ4v) is 11.3. The molecule has 0 heterocycles. The Balaban J connectivity index is 1.52. The maximum absolute atomic E-state index is 12.1. The molecule has 0 aliphatic heterocycles. The van der Waals surface area contributed by atoms with Gasteiger partial charge in [-0.15, -0.1) is 0 Å². The average Bonchev–Trinajstić information content (AvgIpc) is 3.31. The van der Waals surface area contributed by atoms with Gasteiger partial charge in [-0.1, -0.05) is 27.7 Å². The maximum atomic E-state index is 12.1. The van der Waals surface area contributed by atoms with E-state index in [2.05, 4.69) is 59.3 Å². The molecule has 0 aromatic rings. The summed E-state index contributed by atoms with van der Waals surface area (Å²) in [7, 11) is 4.24. The van der Waals surface area contributed by atoms with E-state index in [4.69, 9.17) is 4.74 Å². The molecule has 5 aliphatic rings. The standard InChI is InChI=1S/C28H48N2O2/c1-17(29-7)23-19(32-18(2)31)15-26(6)21-10-9-20-24(3,4)22(30-8)11-12-27(20)16-28(21,27)14-13-25(23,26)5/h17,19-23,29-30H,9-16H2,1-8H3/t17-,19+,20-,21-,22-,23?,25+,26-,27+,28-/m0/s1. The second-order valence-corrected chi connectivity index (χ2v) is 13.7. The molecular formula is C28H48N2O2. The van der Waals surface area contributed by atoms with Gasteiger partial charge in [0.15, 0.2) is 0 Å². The second kappa shape index (κ2) is 6.97. The van der Waals surface area contributed by atoms with E-state index in [1.165, 1.54) is 44.9 Å². The lowest BCUT2D eigenvalue weighted by atomic mass is 9.42. The molecule has 5 saturated carbocycles. The first-order valence-electron chi connectivity index (χ1n) is 13.5. The Labute approximate surface area is 196 Å². The Kier molecular flexibility index (Phi) is 5.04. The van der Waals surface area contributed by atoms with Crippen molar-refractivity contribution >= 4 is 5.97 Å². The van der Waals surface area contributed by atoms with Gasteiger partial charge in [-0.3, -0.25) is 4.79 Å². The smallest absolute Gasteiger partial charge is 0.302 e. The van der Waals surface area contributed by atoms with Crippen molar-refractivity contribution in [3.63, 3.8) is 0 Å². The minimum atomic E-state index is -0.109. The average molecular weight is 445 g/mol. The maximum Gasteiger partial charge on any atom is 0.302 e. The fraction of sp³-hybridized carbons (Fsp3) is 0.964. The highest BCUT2D eigenvalue weighted by Crippen LogP contribution is 2.89. The van der Waals surface area contributed by atoms with Crippen molar-refractivity contribution in [3.8, 4) is 0 Å². The zero-order chi connectivity index (χ0) is 23.3. The molecule has 1 unspecified atom stereocenters. The molecule has 32 heavy (non-hydrogen) atoms. The lowest BCUT2D eigenvalue weighted by molar-refractivity contribution is -0.150. The van der Waals surface area contributed by atoms with Gasteiger partial charge in [0.05, 0.1) is 0 Å². The van der Waals surface area contributed by atoms with E-state index < -0.39 is 0 Å². The molecule has 0 aromatic carbocycles. The van der Waals surface area contributed by atoms with Crippen molar-refractivity contribution < 1.29 is 9.53 Å². The number of carbonyl (C=O) groups excluding carboxylic acids is 1. The summed E-state index contributed by atoms with van der Waals surface area (Å²) in [6.07, 6.45) is 10.7. The first kappa shape index (κ1) is 23.1. The molecule has 2 spiro atoms. The van der Waals surface area contributed by atoms with E-state index in [1.807, 2.05) is 0 Å². The normalized spacial score (nSPS) is 53.9. The Morgan fingerprint density at radius 1 is 0.938 bits per heavy atom. The summed E-state index contributed by atoms with van der Waals surface area (Å²) in [5, 5.41) is 7.22. The highest BCUT2D eigenvalue weighted by Gasteiger charge is 2.82. The van der Waals surface area contributed by atoms with E-state index in [-0.39, 0.29) is 22.9 Å². The van der Waals surface area contributed by atoms with Gasteiger partial charge in [0.25, 0.3) is 0 Å². The minimum absolute atomic E-state index is 0.0454. The molecule has 182 valence electrons. The highest BCUT2D eigenvalue weighted by molar-refractivity contribution is 5.66. The van der Waals surface area contributed by atoms with Crippen LogP contribution in [0.2, 0.25) is 0 Å². The Bertz CT molecular complexity index is 796. The Morgan fingerprint density at radius 2 is 1.59 bits per heavy atom. The number of ether oxygens (including phenoxy) is 1. The van der Waals surface area contributed by atoms with Crippen LogP contribution in [0.3, 0.4) is 0 Å². The molecule has 10 atom stereocenters. The van der Waals surface area contributed by atoms with Gasteiger partial charge in [0.1, 0.15) is 6.10 Å². The van der Waals surface area contributed by atoms with Gasteiger partial charge < -0.3 is 15.4 Å². The summed E-state index contributed by atoms with van der Waals surface area (Å²) < 4.78 is 6.07. The van der Waals surface area contributed by atoms with Gasteiger partial charge in [-0.2, -0.15) is 0 Å². The first-order chi connectivity index (χ1) is 14.9. The molecule has 0 saturated heterocycles. The van der Waals surface area contributed by atoms with Crippen LogP contribution in [0.15, 0.2) is 0 Å². The second-order valence-electron chi connectivity index (χ2n) is 13.7. The molecule has 0 aromatic heterocycles. The molecule has 5 rings (SSSR count). The summed E-state index contributed by atoms with van der Waals surface area (Å²) in [5.41, 5.74) is 1.96. The number of hydrogen-bond donors (Lipinski definition) is 2. The third-order valence-corrected chi connectivity index (χ3v) is 12.8. The predicted molar refractivity (Wildman–Crippen MR) is 129 cm³/mol. The number of hydrogen-bond acceptors (Lipinski definition) is 4. The first-order valence-corrected chi connectivity index (χ1v) is 13.5. The molecule has 0 radical (unpaired) electrons. The number of esters is 1. The summed E-state index contributed by atoms with van der Waals surface area (Å²) in [4.78, 5) is 12.1. The Morgan fingerprint density at radius 3 is 2.22 bits per heavy atom. The molecule has 2 N–H and O–H groups in total. The van der Waals surface area contributed by atoms with Crippen LogP contribution < -0.4 is 10.6 Å². The summed E-state index contributed by atoms with van der Waals surface area (Å²) in [6, 6.07) is 1.01. The zero-order valence-corrected chi connectivity index (χ0v) is 21.9. The number of carbonyl (C=O) groups is 1. The van der Waals surface area contributed by atoms with Crippen LogP contribution in [0, 0.1) is 44.8 Å². The van der Waals surface area contributed by atoms with Crippen molar-refractivity contribution in [3.05, 3.63) is 0 Å². The van der Waals surface area contributed by atoms with E-state index >= 15 is 0 Å². The number of fused-ring (bicyclic) bond motifs is 2. The summed E-state index contributed by atoms with van der Waals surface area (Å²) >= 11 is 0. The molecule has 5 fully saturated rings. The van der Waals surface area contributed by atoms with Crippen LogP contribution in [-0.4, -0.2) is 38.3 Å². The Hall–Kier alpha value is -0.610. The quantitative estimate of drug-likeness (QED) is 0.588. The van der Waals surface area contributed by atoms with Crippen molar-refractivity contribution in [2.24, 2.45) is 44.8 Å². The summed E-state index contributed by atoms with van der Waals surface area (Å²) in [6.45, 7) is 14.2. The van der Waals surface area contributed by atoms with Gasteiger partial charge >= 0.3 is 5.97 Å². The van der Waals surface area contributed by atoms with Gasteiger partial charge in [0.2, 0.25) is 0 Å². The molecular weight excluding hydrogens is 396 g/mol. The zero-order valence-electron chi connectivity index (χ0n) is 21.9. The SMILES string of the molecule is CN[C@@H](C)C1[C@H](OC(C)=O)C[C@@]2(C)[C@@H]3CC[C@H]4C(C)(C)[C@@H](NC)CC[C@@]45C[C@@]35CC[C@]12C. The van der Waals surface area contributed by atoms with Crippen LogP contribution in [0.4, 0.5) is 0 Å². The van der Waals surface area contributed by atoms with E-state index in [1.54, 1.807) is 6.92 Å². The van der Waals surface area contributed by atoms with Crippen molar-refractivity contribution in [2.45, 2.75) is 111 Å². The van der Waals surface area contributed by atoms with Crippen LogP contribution in [0.1, 0.15) is 92.9 Å². The third-order valence-electron chi connectivity index (χ3n) is 12.8. The van der Waals surface area contributed by atoms with Crippen LogP contribution in [-0.2, 0) is 9.53 Å². The fourth-order valence-electron chi connectivity index (χ4n) is 11.3. The van der Waals surface area contributed by atoms with Gasteiger partial charge in [0, 0.05) is 24.9 Å². The van der Waals surface area contributed by atoms with E-state index in [0.29, 0.717) is 34.2 Å². The minimum Gasteiger partial charge on any atom is -0.462 e. The van der Waals surface area contributed by atoms with Crippen molar-refractivity contribution in [2.75, 3.05) is 14.1 Å². The lowest BCUT2D eigenvalue weighted by Crippen LogP contribution is -2.59. The topological polar surface area (TPSA) is 50.4 Å². The van der Waals surface area contributed by atoms with E-state index in [9.17, 15) is 4.79 Å². The van der Waals surface area contributed by atoms with Gasteiger partial charge in [-0.25, -0.2) is 0 Å². The predicted octanol–water partition coefficient (Wildman–Crippen LogP) is 5.16. The van der Waals surface area contributed by atoms with Crippen LogP contribution >= 0.6 is 0 Å². The summed E-state index contributed by atoms with van der Waals surface area (Å²) in [5.74, 6) is 1.91. The number of nitrogens with one attached hydrogen (secondary N) is 2. The lowest BCUT2D eigenvalue weighted by Gasteiger charge is -2.63. The third kappa shape index (κ3) is 2.55. The largest absolute Gasteiger partial charge is 0.462 e. The number of rotatable bonds is 4. The molecule has 0 amide bonds. The van der Waals surface area contributed by atoms with Crippen molar-refractivity contribution in [1.29, 1.82) is 0 Å². The molecule has 0 bridgehead atoms. The molecule has 4 nitrogen and oxygen atoms in total. The molecule has 4 heteroatoms. The highest BCUT2D eigenvalue weighted by atomic mass is 16.5.